The third-order valence-corrected chi connectivity index (χ3v) is 4.94. The molecule has 3 unspecified atom stereocenters. The van der Waals surface area contributed by atoms with Gasteiger partial charge in [-0.05, 0) is 49.9 Å². The summed E-state index contributed by atoms with van der Waals surface area (Å²) in [5, 5.41) is 3.22. The van der Waals surface area contributed by atoms with Crippen LogP contribution in [0.3, 0.4) is 0 Å². The smallest absolute Gasteiger partial charge is 0.220 e. The van der Waals surface area contributed by atoms with Crippen LogP contribution in [0.25, 0.3) is 0 Å². The van der Waals surface area contributed by atoms with Gasteiger partial charge in [0, 0.05) is 18.5 Å². The highest BCUT2D eigenvalue weighted by atomic mass is 16.1. The fourth-order valence-corrected chi connectivity index (χ4v) is 3.79. The quantitative estimate of drug-likeness (QED) is 0.822. The van der Waals surface area contributed by atoms with Gasteiger partial charge in [-0.1, -0.05) is 26.7 Å². The van der Waals surface area contributed by atoms with E-state index in [0.717, 1.165) is 25.7 Å². The van der Waals surface area contributed by atoms with Crippen LogP contribution in [-0.2, 0) is 4.79 Å². The van der Waals surface area contributed by atoms with E-state index in [2.05, 4.69) is 19.2 Å². The topological polar surface area (TPSA) is 55.1 Å². The van der Waals surface area contributed by atoms with Crippen LogP contribution in [0.5, 0.6) is 0 Å². The van der Waals surface area contributed by atoms with Crippen molar-refractivity contribution in [3.05, 3.63) is 0 Å². The first-order valence-corrected chi connectivity index (χ1v) is 7.99. The zero-order valence-electron chi connectivity index (χ0n) is 12.6. The summed E-state index contributed by atoms with van der Waals surface area (Å²) in [5.41, 5.74) is 6.40. The Morgan fingerprint density at radius 1 is 1.32 bits per heavy atom. The minimum absolute atomic E-state index is 0.252. The SMILES string of the molecule is CC1(C)CCC(NC(=O)CCC2CCCC(N)C2)C1. The maximum absolute atomic E-state index is 12.0. The molecule has 2 aliphatic carbocycles. The summed E-state index contributed by atoms with van der Waals surface area (Å²) in [6, 6.07) is 0.786. The van der Waals surface area contributed by atoms with Crippen molar-refractivity contribution in [3.63, 3.8) is 0 Å². The van der Waals surface area contributed by atoms with Crippen molar-refractivity contribution in [1.82, 2.24) is 5.32 Å². The monoisotopic (exact) mass is 266 g/mol. The summed E-state index contributed by atoms with van der Waals surface area (Å²) in [6.07, 6.45) is 10.0. The van der Waals surface area contributed by atoms with Gasteiger partial charge in [-0.2, -0.15) is 0 Å². The van der Waals surface area contributed by atoms with E-state index >= 15 is 0 Å². The molecule has 110 valence electrons. The molecule has 1 amide bonds. The van der Waals surface area contributed by atoms with Crippen molar-refractivity contribution < 1.29 is 4.79 Å². The van der Waals surface area contributed by atoms with Gasteiger partial charge in [-0.3, -0.25) is 4.79 Å². The van der Waals surface area contributed by atoms with E-state index in [1.54, 1.807) is 0 Å². The highest BCUT2D eigenvalue weighted by molar-refractivity contribution is 5.76. The van der Waals surface area contributed by atoms with Crippen LogP contribution < -0.4 is 11.1 Å². The summed E-state index contributed by atoms with van der Waals surface area (Å²) in [5.74, 6) is 0.927. The van der Waals surface area contributed by atoms with Crippen LogP contribution in [0.4, 0.5) is 0 Å². The average molecular weight is 266 g/mol. The largest absolute Gasteiger partial charge is 0.353 e. The van der Waals surface area contributed by atoms with Gasteiger partial charge in [0.15, 0.2) is 0 Å². The molecule has 3 heteroatoms. The summed E-state index contributed by atoms with van der Waals surface area (Å²) >= 11 is 0. The molecule has 0 spiro atoms. The summed E-state index contributed by atoms with van der Waals surface area (Å²) in [4.78, 5) is 12.0. The predicted molar refractivity (Wildman–Crippen MR) is 78.7 cm³/mol. The number of carbonyl (C=O) groups excluding carboxylic acids is 1. The Hall–Kier alpha value is -0.570. The lowest BCUT2D eigenvalue weighted by atomic mass is 9.83. The molecule has 3 N–H and O–H groups in total. The molecule has 2 aliphatic rings. The molecule has 0 aromatic carbocycles. The van der Waals surface area contributed by atoms with Gasteiger partial charge < -0.3 is 11.1 Å². The van der Waals surface area contributed by atoms with E-state index < -0.39 is 0 Å². The molecule has 3 nitrogen and oxygen atoms in total. The standard InChI is InChI=1S/C16H30N2O/c1-16(2)9-8-14(11-16)18-15(19)7-6-12-4-3-5-13(17)10-12/h12-14H,3-11,17H2,1-2H3,(H,18,19). The molecular formula is C16H30N2O. The number of amides is 1. The first kappa shape index (κ1) is 14.8. The van der Waals surface area contributed by atoms with Crippen molar-refractivity contribution in [3.8, 4) is 0 Å². The normalized spacial score (nSPS) is 34.2. The van der Waals surface area contributed by atoms with Gasteiger partial charge in [0.1, 0.15) is 0 Å². The Balaban J connectivity index is 1.65. The molecule has 0 heterocycles. The average Bonchev–Trinajstić information content (AvgIpc) is 2.66. The van der Waals surface area contributed by atoms with Gasteiger partial charge in [0.2, 0.25) is 5.91 Å². The molecule has 2 saturated carbocycles. The van der Waals surface area contributed by atoms with Crippen LogP contribution >= 0.6 is 0 Å². The number of nitrogens with one attached hydrogen (secondary N) is 1. The van der Waals surface area contributed by atoms with Crippen LogP contribution in [0.2, 0.25) is 0 Å². The maximum Gasteiger partial charge on any atom is 0.220 e. The molecule has 3 atom stereocenters. The van der Waals surface area contributed by atoms with Crippen LogP contribution in [0.15, 0.2) is 0 Å². The number of hydrogen-bond donors (Lipinski definition) is 2. The van der Waals surface area contributed by atoms with Crippen molar-refractivity contribution in [2.75, 3.05) is 0 Å². The Labute approximate surface area is 117 Å². The van der Waals surface area contributed by atoms with E-state index in [-0.39, 0.29) is 5.91 Å². The molecule has 2 fully saturated rings. The highest BCUT2D eigenvalue weighted by Crippen LogP contribution is 2.37. The van der Waals surface area contributed by atoms with Crippen molar-refractivity contribution in [2.45, 2.75) is 83.7 Å². The Bertz CT molecular complexity index is 314. The van der Waals surface area contributed by atoms with E-state index in [1.165, 1.54) is 25.7 Å². The van der Waals surface area contributed by atoms with Gasteiger partial charge >= 0.3 is 0 Å². The second kappa shape index (κ2) is 6.25. The summed E-state index contributed by atoms with van der Waals surface area (Å²) in [6.45, 7) is 4.59. The molecule has 0 aliphatic heterocycles. The van der Waals surface area contributed by atoms with E-state index in [9.17, 15) is 4.79 Å². The first-order valence-electron chi connectivity index (χ1n) is 7.99. The zero-order chi connectivity index (χ0) is 13.9. The molecule has 0 radical (unpaired) electrons. The van der Waals surface area contributed by atoms with E-state index in [1.807, 2.05) is 0 Å². The van der Waals surface area contributed by atoms with Gasteiger partial charge in [0.05, 0.1) is 0 Å². The number of carbonyl (C=O) groups is 1. The van der Waals surface area contributed by atoms with Gasteiger partial charge in [-0.25, -0.2) is 0 Å². The second-order valence-electron chi connectivity index (χ2n) is 7.50. The Morgan fingerprint density at radius 3 is 2.74 bits per heavy atom. The lowest BCUT2D eigenvalue weighted by Crippen LogP contribution is -2.34. The van der Waals surface area contributed by atoms with Crippen LogP contribution in [0, 0.1) is 11.3 Å². The molecule has 0 aromatic heterocycles. The third-order valence-electron chi connectivity index (χ3n) is 4.94. The minimum atomic E-state index is 0.252. The van der Waals surface area contributed by atoms with Crippen molar-refractivity contribution in [2.24, 2.45) is 17.1 Å². The van der Waals surface area contributed by atoms with Gasteiger partial charge in [-0.15, -0.1) is 0 Å². The molecule has 19 heavy (non-hydrogen) atoms. The number of nitrogens with two attached hydrogens (primary N) is 1. The summed E-state index contributed by atoms with van der Waals surface area (Å²) < 4.78 is 0. The third kappa shape index (κ3) is 4.79. The molecule has 2 rings (SSSR count). The Kier molecular flexibility index (Phi) is 4.88. The lowest BCUT2D eigenvalue weighted by Gasteiger charge is -2.26. The fourth-order valence-electron chi connectivity index (χ4n) is 3.79. The second-order valence-corrected chi connectivity index (χ2v) is 7.50. The highest BCUT2D eigenvalue weighted by Gasteiger charge is 2.31. The molecular weight excluding hydrogens is 236 g/mol. The first-order chi connectivity index (χ1) is 8.94. The Morgan fingerprint density at radius 2 is 2.11 bits per heavy atom. The van der Waals surface area contributed by atoms with Crippen LogP contribution in [-0.4, -0.2) is 18.0 Å². The molecule has 0 bridgehead atoms. The van der Waals surface area contributed by atoms with E-state index in [4.69, 9.17) is 5.73 Å². The number of rotatable bonds is 4. The van der Waals surface area contributed by atoms with E-state index in [0.29, 0.717) is 29.8 Å². The van der Waals surface area contributed by atoms with Gasteiger partial charge in [0.25, 0.3) is 0 Å². The fraction of sp³-hybridized carbons (Fsp3) is 0.938. The minimum Gasteiger partial charge on any atom is -0.353 e. The number of hydrogen-bond acceptors (Lipinski definition) is 2. The van der Waals surface area contributed by atoms with Crippen molar-refractivity contribution in [1.29, 1.82) is 0 Å². The summed E-state index contributed by atoms with van der Waals surface area (Å²) in [7, 11) is 0. The maximum atomic E-state index is 12.0. The predicted octanol–water partition coefficient (Wildman–Crippen LogP) is 2.98. The van der Waals surface area contributed by atoms with Crippen LogP contribution in [0.1, 0.15) is 71.6 Å². The van der Waals surface area contributed by atoms with Crippen molar-refractivity contribution >= 4 is 5.91 Å². The molecule has 0 saturated heterocycles. The molecule has 0 aromatic rings. The lowest BCUT2D eigenvalue weighted by molar-refractivity contribution is -0.122. The zero-order valence-corrected chi connectivity index (χ0v) is 12.6.